The molecular formula is C61H119NO5. The molecule has 6 nitrogen and oxygen atoms in total. The Morgan fingerprint density at radius 3 is 1.06 bits per heavy atom. The van der Waals surface area contributed by atoms with Crippen LogP contribution in [0.4, 0.5) is 0 Å². The third kappa shape index (κ3) is 53.8. The van der Waals surface area contributed by atoms with Gasteiger partial charge < -0.3 is 20.3 Å². The molecule has 0 fully saturated rings. The van der Waals surface area contributed by atoms with E-state index in [9.17, 15) is 19.8 Å². The molecular weight excluding hydrogens is 827 g/mol. The summed E-state index contributed by atoms with van der Waals surface area (Å²) in [5.41, 5.74) is 0. The van der Waals surface area contributed by atoms with Gasteiger partial charge in [-0.25, -0.2) is 0 Å². The summed E-state index contributed by atoms with van der Waals surface area (Å²) >= 11 is 0. The maximum absolute atomic E-state index is 12.5. The molecule has 0 aromatic carbocycles. The number of aliphatic hydroxyl groups excluding tert-OH is 2. The van der Waals surface area contributed by atoms with Gasteiger partial charge in [0.2, 0.25) is 5.91 Å². The highest BCUT2D eigenvalue weighted by Gasteiger charge is 2.20. The fraction of sp³-hybridized carbons (Fsp3) is 0.934. The van der Waals surface area contributed by atoms with Crippen molar-refractivity contribution >= 4 is 11.9 Å². The largest absolute Gasteiger partial charge is 0.466 e. The third-order valence-corrected chi connectivity index (χ3v) is 14.3. The van der Waals surface area contributed by atoms with Gasteiger partial charge in [0.1, 0.15) is 0 Å². The first kappa shape index (κ1) is 65.6. The molecule has 0 spiro atoms. The van der Waals surface area contributed by atoms with Gasteiger partial charge in [-0.1, -0.05) is 289 Å². The molecule has 0 aromatic heterocycles. The van der Waals surface area contributed by atoms with Crippen LogP contribution in [-0.4, -0.2) is 47.4 Å². The van der Waals surface area contributed by atoms with Gasteiger partial charge in [0, 0.05) is 12.8 Å². The Hall–Kier alpha value is -1.40. The highest BCUT2D eigenvalue weighted by Crippen LogP contribution is 2.18. The summed E-state index contributed by atoms with van der Waals surface area (Å²) in [7, 11) is 0. The van der Waals surface area contributed by atoms with Crippen molar-refractivity contribution in [2.24, 2.45) is 0 Å². The summed E-state index contributed by atoms with van der Waals surface area (Å²) in [5.74, 6) is -0.0209. The number of aliphatic hydroxyl groups is 2. The molecule has 0 aromatic rings. The number of carbonyl (C=O) groups is 2. The van der Waals surface area contributed by atoms with Crippen molar-refractivity contribution in [3.05, 3.63) is 12.2 Å². The third-order valence-electron chi connectivity index (χ3n) is 14.3. The quantitative estimate of drug-likeness (QED) is 0.0321. The molecule has 0 aliphatic heterocycles. The monoisotopic (exact) mass is 946 g/mol. The zero-order chi connectivity index (χ0) is 48.6. The molecule has 0 rings (SSSR count). The number of unbranched alkanes of at least 4 members (excludes halogenated alkanes) is 44. The Labute approximate surface area is 419 Å². The second-order valence-corrected chi connectivity index (χ2v) is 21.0. The van der Waals surface area contributed by atoms with Crippen LogP contribution in [0.15, 0.2) is 12.2 Å². The van der Waals surface area contributed by atoms with Crippen molar-refractivity contribution in [1.82, 2.24) is 5.32 Å². The van der Waals surface area contributed by atoms with E-state index in [4.69, 9.17) is 4.74 Å². The maximum atomic E-state index is 12.5. The molecule has 3 N–H and O–H groups in total. The highest BCUT2D eigenvalue weighted by atomic mass is 16.5. The van der Waals surface area contributed by atoms with Crippen LogP contribution in [0.25, 0.3) is 0 Å². The predicted molar refractivity (Wildman–Crippen MR) is 292 cm³/mol. The smallest absolute Gasteiger partial charge is 0.305 e. The van der Waals surface area contributed by atoms with Crippen molar-refractivity contribution < 1.29 is 24.5 Å². The minimum absolute atomic E-state index is 0.0144. The molecule has 0 aliphatic carbocycles. The molecule has 6 heteroatoms. The number of carbonyl (C=O) groups excluding carboxylic acids is 2. The van der Waals surface area contributed by atoms with Gasteiger partial charge in [0.15, 0.2) is 0 Å². The predicted octanol–water partition coefficient (Wildman–Crippen LogP) is 18.9. The van der Waals surface area contributed by atoms with E-state index >= 15 is 0 Å². The number of rotatable bonds is 57. The highest BCUT2D eigenvalue weighted by molar-refractivity contribution is 5.76. The number of hydrogen-bond acceptors (Lipinski definition) is 5. The second kappa shape index (κ2) is 57.2. The zero-order valence-electron chi connectivity index (χ0n) is 45.4. The summed E-state index contributed by atoms with van der Waals surface area (Å²) in [6, 6.07) is -0.541. The first-order valence-electron chi connectivity index (χ1n) is 30.4. The first-order chi connectivity index (χ1) is 33.0. The van der Waals surface area contributed by atoms with Gasteiger partial charge in [-0.2, -0.15) is 0 Å². The number of nitrogens with one attached hydrogen (secondary N) is 1. The summed E-state index contributed by atoms with van der Waals surface area (Å²) in [5, 5.41) is 23.2. The van der Waals surface area contributed by atoms with E-state index < -0.39 is 12.1 Å². The summed E-state index contributed by atoms with van der Waals surface area (Å²) in [6.07, 6.45) is 67.9. The first-order valence-corrected chi connectivity index (χ1v) is 30.4. The molecule has 2 atom stereocenters. The number of allylic oxidation sites excluding steroid dienone is 2. The van der Waals surface area contributed by atoms with Gasteiger partial charge in [-0.3, -0.25) is 9.59 Å². The van der Waals surface area contributed by atoms with E-state index in [1.165, 1.54) is 270 Å². The molecule has 0 saturated carbocycles. The summed E-state index contributed by atoms with van der Waals surface area (Å²) < 4.78 is 5.47. The SMILES string of the molecule is CCCCCCCCCCCCCCCC(O)C(CO)NC(=O)CCCCCCCCCCCC/C=C\CCCCCCCCCCCCCCOC(=O)CCCCCCCCCCCCC. The fourth-order valence-corrected chi connectivity index (χ4v) is 9.64. The summed E-state index contributed by atoms with van der Waals surface area (Å²) in [6.45, 7) is 4.96. The topological polar surface area (TPSA) is 95.9 Å². The van der Waals surface area contributed by atoms with E-state index in [1.807, 2.05) is 0 Å². The number of amides is 1. The van der Waals surface area contributed by atoms with E-state index in [2.05, 4.69) is 31.3 Å². The molecule has 0 bridgehead atoms. The van der Waals surface area contributed by atoms with Crippen LogP contribution in [0.1, 0.15) is 341 Å². The molecule has 0 saturated heterocycles. The number of esters is 1. The van der Waals surface area contributed by atoms with Crippen molar-refractivity contribution in [2.45, 2.75) is 353 Å². The molecule has 1 amide bonds. The lowest BCUT2D eigenvalue weighted by atomic mass is 10.0. The Kier molecular flexibility index (Phi) is 56.0. The Morgan fingerprint density at radius 1 is 0.403 bits per heavy atom. The van der Waals surface area contributed by atoms with Gasteiger partial charge >= 0.3 is 5.97 Å². The fourth-order valence-electron chi connectivity index (χ4n) is 9.64. The van der Waals surface area contributed by atoms with Gasteiger partial charge in [-0.15, -0.1) is 0 Å². The van der Waals surface area contributed by atoms with Crippen LogP contribution in [0.3, 0.4) is 0 Å². The van der Waals surface area contributed by atoms with E-state index in [0.717, 1.165) is 38.5 Å². The number of ether oxygens (including phenoxy) is 1. The van der Waals surface area contributed by atoms with Gasteiger partial charge in [0.05, 0.1) is 25.4 Å². The molecule has 67 heavy (non-hydrogen) atoms. The maximum Gasteiger partial charge on any atom is 0.305 e. The Morgan fingerprint density at radius 2 is 0.701 bits per heavy atom. The van der Waals surface area contributed by atoms with Crippen molar-refractivity contribution in [1.29, 1.82) is 0 Å². The van der Waals surface area contributed by atoms with Crippen LogP contribution in [0, 0.1) is 0 Å². The van der Waals surface area contributed by atoms with Crippen molar-refractivity contribution in [3.8, 4) is 0 Å². The average Bonchev–Trinajstić information content (AvgIpc) is 3.33. The zero-order valence-corrected chi connectivity index (χ0v) is 45.4. The molecule has 0 aliphatic rings. The minimum Gasteiger partial charge on any atom is -0.466 e. The van der Waals surface area contributed by atoms with E-state index in [0.29, 0.717) is 25.9 Å². The molecule has 0 radical (unpaired) electrons. The van der Waals surface area contributed by atoms with Crippen LogP contribution < -0.4 is 5.32 Å². The van der Waals surface area contributed by atoms with Crippen LogP contribution in [-0.2, 0) is 14.3 Å². The van der Waals surface area contributed by atoms with Crippen LogP contribution >= 0.6 is 0 Å². The molecule has 398 valence electrons. The van der Waals surface area contributed by atoms with E-state index in [-0.39, 0.29) is 18.5 Å². The average molecular weight is 947 g/mol. The standard InChI is InChI=1S/C61H119NO5/c1-3-5-7-9-11-13-15-30-34-37-41-45-49-53-59(64)58(57-63)62-60(65)54-50-46-42-38-35-31-28-26-24-22-20-18-16-17-19-21-23-25-27-29-32-36-40-44-48-52-56-67-61(66)55-51-47-43-39-33-14-12-10-8-6-4-2/h16,18,58-59,63-64H,3-15,17,19-57H2,1-2H3,(H,62,65)/b18-16-. The van der Waals surface area contributed by atoms with Gasteiger partial charge in [-0.05, 0) is 51.4 Å². The minimum atomic E-state index is -0.663. The lowest BCUT2D eigenvalue weighted by molar-refractivity contribution is -0.143. The van der Waals surface area contributed by atoms with Crippen LogP contribution in [0.5, 0.6) is 0 Å². The second-order valence-electron chi connectivity index (χ2n) is 21.0. The lowest BCUT2D eigenvalue weighted by Gasteiger charge is -2.22. The Bertz CT molecular complexity index is 1000. The Balaban J connectivity index is 3.38. The molecule has 0 heterocycles. The van der Waals surface area contributed by atoms with Crippen molar-refractivity contribution in [2.75, 3.05) is 13.2 Å². The van der Waals surface area contributed by atoms with Gasteiger partial charge in [0.25, 0.3) is 0 Å². The lowest BCUT2D eigenvalue weighted by Crippen LogP contribution is -2.45. The van der Waals surface area contributed by atoms with Crippen LogP contribution in [0.2, 0.25) is 0 Å². The summed E-state index contributed by atoms with van der Waals surface area (Å²) in [4.78, 5) is 24.5. The number of hydrogen-bond donors (Lipinski definition) is 3. The molecule has 2 unspecified atom stereocenters. The van der Waals surface area contributed by atoms with E-state index in [1.54, 1.807) is 0 Å². The van der Waals surface area contributed by atoms with Crippen molar-refractivity contribution in [3.63, 3.8) is 0 Å². The normalized spacial score (nSPS) is 12.6.